The molecule has 2 N–H and O–H groups in total. The second-order valence-corrected chi connectivity index (χ2v) is 3.90. The molecule has 0 amide bonds. The van der Waals surface area contributed by atoms with Crippen molar-refractivity contribution in [1.82, 2.24) is 0 Å². The highest BCUT2D eigenvalue weighted by Crippen LogP contribution is 2.19. The monoisotopic (exact) mass is 209 g/mol. The van der Waals surface area contributed by atoms with Crippen LogP contribution < -0.4 is 4.90 Å². The van der Waals surface area contributed by atoms with Crippen molar-refractivity contribution >= 4 is 5.69 Å². The van der Waals surface area contributed by atoms with Crippen LogP contribution in [-0.2, 0) is 0 Å². The average molecular weight is 209 g/mol. The summed E-state index contributed by atoms with van der Waals surface area (Å²) in [6.07, 6.45) is 0. The van der Waals surface area contributed by atoms with Crippen molar-refractivity contribution in [3.8, 4) is 0 Å². The lowest BCUT2D eigenvalue weighted by Crippen LogP contribution is -2.37. The summed E-state index contributed by atoms with van der Waals surface area (Å²) in [4.78, 5) is 1.90. The molecular formula is C12H19NO2. The van der Waals surface area contributed by atoms with E-state index >= 15 is 0 Å². The summed E-state index contributed by atoms with van der Waals surface area (Å²) in [5, 5.41) is 18.2. The molecule has 84 valence electrons. The third-order valence-electron chi connectivity index (χ3n) is 2.87. The molecule has 0 atom stereocenters. The van der Waals surface area contributed by atoms with Gasteiger partial charge in [-0.2, -0.15) is 0 Å². The van der Waals surface area contributed by atoms with Crippen molar-refractivity contribution in [2.24, 2.45) is 0 Å². The molecule has 0 unspecified atom stereocenters. The van der Waals surface area contributed by atoms with Gasteiger partial charge in [0.15, 0.2) is 0 Å². The van der Waals surface area contributed by atoms with Crippen molar-refractivity contribution in [2.45, 2.75) is 19.9 Å². The lowest BCUT2D eigenvalue weighted by Gasteiger charge is -2.27. The Kier molecular flexibility index (Phi) is 4.12. The van der Waals surface area contributed by atoms with E-state index in [2.05, 4.69) is 19.9 Å². The minimum atomic E-state index is -0.230. The number of aliphatic hydroxyl groups excluding tert-OH is 2. The van der Waals surface area contributed by atoms with Gasteiger partial charge in [0, 0.05) is 12.7 Å². The van der Waals surface area contributed by atoms with Gasteiger partial charge in [-0.25, -0.2) is 0 Å². The van der Waals surface area contributed by atoms with Gasteiger partial charge >= 0.3 is 0 Å². The normalized spacial score (nSPS) is 10.8. The molecule has 0 fully saturated rings. The highest BCUT2D eigenvalue weighted by Gasteiger charge is 2.13. The van der Waals surface area contributed by atoms with Crippen molar-refractivity contribution in [3.63, 3.8) is 0 Å². The molecular weight excluding hydrogens is 190 g/mol. The zero-order chi connectivity index (χ0) is 11.4. The lowest BCUT2D eigenvalue weighted by atomic mass is 10.1. The SMILES string of the molecule is Cc1ccc(N(C)C(CO)CO)cc1C. The quantitative estimate of drug-likeness (QED) is 0.780. The van der Waals surface area contributed by atoms with Crippen LogP contribution in [0.4, 0.5) is 5.69 Å². The van der Waals surface area contributed by atoms with Gasteiger partial charge in [-0.1, -0.05) is 6.07 Å². The predicted molar refractivity (Wildman–Crippen MR) is 62.3 cm³/mol. The molecule has 0 saturated heterocycles. The van der Waals surface area contributed by atoms with E-state index in [4.69, 9.17) is 10.2 Å². The standard InChI is InChI=1S/C12H19NO2/c1-9-4-5-11(6-10(9)2)13(3)12(7-14)8-15/h4-6,12,14-15H,7-8H2,1-3H3. The first kappa shape index (κ1) is 12.0. The third-order valence-corrected chi connectivity index (χ3v) is 2.87. The Morgan fingerprint density at radius 3 is 2.20 bits per heavy atom. The smallest absolute Gasteiger partial charge is 0.0748 e. The lowest BCUT2D eigenvalue weighted by molar-refractivity contribution is 0.191. The minimum Gasteiger partial charge on any atom is -0.394 e. The molecule has 1 rings (SSSR count). The Balaban J connectivity index is 2.90. The van der Waals surface area contributed by atoms with Gasteiger partial charge in [0.05, 0.1) is 19.3 Å². The summed E-state index contributed by atoms with van der Waals surface area (Å²) in [7, 11) is 1.88. The second kappa shape index (κ2) is 5.14. The second-order valence-electron chi connectivity index (χ2n) is 3.90. The van der Waals surface area contributed by atoms with Gasteiger partial charge in [-0.15, -0.1) is 0 Å². The number of likely N-dealkylation sites (N-methyl/N-ethyl adjacent to an activating group) is 1. The molecule has 1 aromatic rings. The molecule has 0 aliphatic heterocycles. The maximum atomic E-state index is 9.08. The first-order valence-corrected chi connectivity index (χ1v) is 5.12. The van der Waals surface area contributed by atoms with Crippen LogP contribution >= 0.6 is 0 Å². The van der Waals surface area contributed by atoms with Gasteiger partial charge in [0.2, 0.25) is 0 Å². The highest BCUT2D eigenvalue weighted by molar-refractivity contribution is 5.50. The summed E-state index contributed by atoms with van der Waals surface area (Å²) < 4.78 is 0. The Morgan fingerprint density at radius 1 is 1.13 bits per heavy atom. The highest BCUT2D eigenvalue weighted by atomic mass is 16.3. The fourth-order valence-electron chi connectivity index (χ4n) is 1.46. The van der Waals surface area contributed by atoms with E-state index in [-0.39, 0.29) is 19.3 Å². The molecule has 0 aliphatic rings. The number of benzene rings is 1. The molecule has 3 nitrogen and oxygen atoms in total. The Morgan fingerprint density at radius 2 is 1.73 bits per heavy atom. The van der Waals surface area contributed by atoms with Crippen LogP contribution in [0.2, 0.25) is 0 Å². The van der Waals surface area contributed by atoms with Crippen LogP contribution in [0.3, 0.4) is 0 Å². The van der Waals surface area contributed by atoms with Gasteiger partial charge in [-0.05, 0) is 37.1 Å². The van der Waals surface area contributed by atoms with E-state index < -0.39 is 0 Å². The number of aryl methyl sites for hydroxylation is 2. The van der Waals surface area contributed by atoms with Crippen molar-refractivity contribution in [1.29, 1.82) is 0 Å². The average Bonchev–Trinajstić information content (AvgIpc) is 2.23. The number of anilines is 1. The maximum Gasteiger partial charge on any atom is 0.0748 e. The van der Waals surface area contributed by atoms with Gasteiger partial charge in [0.25, 0.3) is 0 Å². The summed E-state index contributed by atoms with van der Waals surface area (Å²) >= 11 is 0. The number of hydrogen-bond acceptors (Lipinski definition) is 3. The van der Waals surface area contributed by atoms with Crippen molar-refractivity contribution < 1.29 is 10.2 Å². The van der Waals surface area contributed by atoms with Crippen LogP contribution in [-0.4, -0.2) is 36.5 Å². The Hall–Kier alpha value is -1.06. The zero-order valence-electron chi connectivity index (χ0n) is 9.57. The van der Waals surface area contributed by atoms with Crippen LogP contribution in [0.15, 0.2) is 18.2 Å². The number of hydrogen-bond donors (Lipinski definition) is 2. The summed E-state index contributed by atoms with van der Waals surface area (Å²) in [6.45, 7) is 4.04. The number of rotatable bonds is 4. The van der Waals surface area contributed by atoms with E-state index in [9.17, 15) is 0 Å². The first-order chi connectivity index (χ1) is 7.10. The molecule has 15 heavy (non-hydrogen) atoms. The Labute approximate surface area is 91.0 Å². The summed E-state index contributed by atoms with van der Waals surface area (Å²) in [5.41, 5.74) is 3.48. The molecule has 0 aromatic heterocycles. The zero-order valence-corrected chi connectivity index (χ0v) is 9.57. The molecule has 0 bridgehead atoms. The van der Waals surface area contributed by atoms with Crippen LogP contribution in [0.5, 0.6) is 0 Å². The maximum absolute atomic E-state index is 9.08. The fraction of sp³-hybridized carbons (Fsp3) is 0.500. The summed E-state index contributed by atoms with van der Waals surface area (Å²) in [5.74, 6) is 0. The van der Waals surface area contributed by atoms with Crippen molar-refractivity contribution in [3.05, 3.63) is 29.3 Å². The third kappa shape index (κ3) is 2.70. The van der Waals surface area contributed by atoms with Gasteiger partial charge < -0.3 is 15.1 Å². The number of nitrogens with zero attached hydrogens (tertiary/aromatic N) is 1. The number of aliphatic hydroxyl groups is 2. The molecule has 1 aromatic carbocycles. The van der Waals surface area contributed by atoms with Gasteiger partial charge in [-0.3, -0.25) is 0 Å². The predicted octanol–water partition coefficient (Wildman–Crippen LogP) is 1.09. The van der Waals surface area contributed by atoms with E-state index in [1.54, 1.807) is 0 Å². The summed E-state index contributed by atoms with van der Waals surface area (Å²) in [6, 6.07) is 5.88. The molecule has 0 aliphatic carbocycles. The topological polar surface area (TPSA) is 43.7 Å². The van der Waals surface area contributed by atoms with E-state index in [0.717, 1.165) is 5.69 Å². The minimum absolute atomic E-state index is 0.0417. The van der Waals surface area contributed by atoms with E-state index in [1.165, 1.54) is 11.1 Å². The molecule has 3 heteroatoms. The van der Waals surface area contributed by atoms with Crippen molar-refractivity contribution in [2.75, 3.05) is 25.2 Å². The molecule has 0 radical (unpaired) electrons. The van der Waals surface area contributed by atoms with Crippen LogP contribution in [0.25, 0.3) is 0 Å². The Bertz CT molecular complexity index is 321. The van der Waals surface area contributed by atoms with E-state index in [1.807, 2.05) is 24.1 Å². The molecule has 0 heterocycles. The van der Waals surface area contributed by atoms with Crippen LogP contribution in [0.1, 0.15) is 11.1 Å². The van der Waals surface area contributed by atoms with Crippen LogP contribution in [0, 0.1) is 13.8 Å². The molecule has 0 saturated carbocycles. The largest absolute Gasteiger partial charge is 0.394 e. The first-order valence-electron chi connectivity index (χ1n) is 5.12. The fourth-order valence-corrected chi connectivity index (χ4v) is 1.46. The molecule has 0 spiro atoms. The van der Waals surface area contributed by atoms with Gasteiger partial charge in [0.1, 0.15) is 0 Å². The van der Waals surface area contributed by atoms with E-state index in [0.29, 0.717) is 0 Å².